The molecule has 0 spiro atoms. The standard InChI is InChI=1S/C13H10O3/c14-13(15)11-8-4-5-9-12(11)16-10-6-2-1-3-7-10/h1-9H,(H,14,15)/p-1. The number of benzene rings is 2. The summed E-state index contributed by atoms with van der Waals surface area (Å²) in [7, 11) is 0. The summed E-state index contributed by atoms with van der Waals surface area (Å²) < 4.78 is 5.45. The molecule has 0 aliphatic heterocycles. The van der Waals surface area contributed by atoms with Crippen molar-refractivity contribution in [2.24, 2.45) is 0 Å². The van der Waals surface area contributed by atoms with Crippen LogP contribution in [0.25, 0.3) is 0 Å². The van der Waals surface area contributed by atoms with Crippen molar-refractivity contribution >= 4 is 5.97 Å². The zero-order chi connectivity index (χ0) is 11.4. The SMILES string of the molecule is O=C([O-])c1ccccc1Oc1ccccc1. The van der Waals surface area contributed by atoms with Crippen LogP contribution in [0.3, 0.4) is 0 Å². The highest BCUT2D eigenvalue weighted by atomic mass is 16.5. The molecule has 0 heterocycles. The second kappa shape index (κ2) is 4.49. The van der Waals surface area contributed by atoms with E-state index in [1.165, 1.54) is 6.07 Å². The van der Waals surface area contributed by atoms with Crippen LogP contribution in [0.4, 0.5) is 0 Å². The average molecular weight is 213 g/mol. The van der Waals surface area contributed by atoms with Gasteiger partial charge in [0.15, 0.2) is 0 Å². The highest BCUT2D eigenvalue weighted by Gasteiger charge is 2.04. The van der Waals surface area contributed by atoms with Crippen molar-refractivity contribution in [2.75, 3.05) is 0 Å². The second-order valence-electron chi connectivity index (χ2n) is 3.20. The molecule has 0 N–H and O–H groups in total. The Labute approximate surface area is 92.9 Å². The molecule has 0 fully saturated rings. The number of aromatic carboxylic acids is 1. The van der Waals surface area contributed by atoms with Gasteiger partial charge in [0.25, 0.3) is 0 Å². The summed E-state index contributed by atoms with van der Waals surface area (Å²) in [5, 5.41) is 10.8. The maximum atomic E-state index is 10.8. The third-order valence-electron chi connectivity index (χ3n) is 2.08. The predicted molar refractivity (Wildman–Crippen MR) is 57.3 cm³/mol. The topological polar surface area (TPSA) is 49.4 Å². The van der Waals surface area contributed by atoms with Crippen molar-refractivity contribution < 1.29 is 14.6 Å². The van der Waals surface area contributed by atoms with Gasteiger partial charge in [-0.1, -0.05) is 30.3 Å². The first-order chi connectivity index (χ1) is 7.77. The van der Waals surface area contributed by atoms with Crippen molar-refractivity contribution in [3.05, 3.63) is 60.2 Å². The molecule has 0 unspecified atom stereocenters. The zero-order valence-electron chi connectivity index (χ0n) is 8.42. The number of hydrogen-bond donors (Lipinski definition) is 0. The molecule has 0 saturated heterocycles. The number of carboxylic acids is 1. The molecule has 0 bridgehead atoms. The third-order valence-corrected chi connectivity index (χ3v) is 2.08. The molecule has 0 aliphatic rings. The van der Waals surface area contributed by atoms with E-state index in [9.17, 15) is 9.90 Å². The first-order valence-corrected chi connectivity index (χ1v) is 4.80. The van der Waals surface area contributed by atoms with Gasteiger partial charge in [0.1, 0.15) is 11.5 Å². The van der Waals surface area contributed by atoms with Gasteiger partial charge in [-0.25, -0.2) is 0 Å². The van der Waals surface area contributed by atoms with Gasteiger partial charge < -0.3 is 14.6 Å². The summed E-state index contributed by atoms with van der Waals surface area (Å²) in [6, 6.07) is 15.4. The molecule has 0 aliphatic carbocycles. The molecule has 2 rings (SSSR count). The number of hydrogen-bond acceptors (Lipinski definition) is 3. The minimum absolute atomic E-state index is 0.0475. The molecule has 0 atom stereocenters. The first-order valence-electron chi connectivity index (χ1n) is 4.80. The highest BCUT2D eigenvalue weighted by molar-refractivity contribution is 5.89. The average Bonchev–Trinajstić information content (AvgIpc) is 2.31. The fraction of sp³-hybridized carbons (Fsp3) is 0. The molecular formula is C13H9O3-. The maximum absolute atomic E-state index is 10.8. The van der Waals surface area contributed by atoms with E-state index in [2.05, 4.69) is 0 Å². The smallest absolute Gasteiger partial charge is 0.136 e. The number of ether oxygens (including phenoxy) is 1. The van der Waals surface area contributed by atoms with Crippen molar-refractivity contribution in [2.45, 2.75) is 0 Å². The van der Waals surface area contributed by atoms with Gasteiger partial charge in [0, 0.05) is 5.56 Å². The van der Waals surface area contributed by atoms with E-state index in [1.807, 2.05) is 18.2 Å². The van der Waals surface area contributed by atoms with Crippen molar-refractivity contribution in [1.82, 2.24) is 0 Å². The van der Waals surface area contributed by atoms with Gasteiger partial charge in [-0.05, 0) is 24.3 Å². The second-order valence-corrected chi connectivity index (χ2v) is 3.20. The van der Waals surface area contributed by atoms with Crippen molar-refractivity contribution in [3.63, 3.8) is 0 Å². The molecular weight excluding hydrogens is 204 g/mol. The molecule has 2 aromatic rings. The van der Waals surface area contributed by atoms with E-state index in [0.29, 0.717) is 5.75 Å². The summed E-state index contributed by atoms with van der Waals surface area (Å²) in [6.07, 6.45) is 0. The van der Waals surface area contributed by atoms with Gasteiger partial charge in [-0.2, -0.15) is 0 Å². The van der Waals surface area contributed by atoms with Gasteiger partial charge in [-0.3, -0.25) is 0 Å². The quantitative estimate of drug-likeness (QED) is 0.781. The van der Waals surface area contributed by atoms with E-state index < -0.39 is 5.97 Å². The van der Waals surface area contributed by atoms with Crippen LogP contribution in [-0.4, -0.2) is 5.97 Å². The van der Waals surface area contributed by atoms with Gasteiger partial charge in [0.2, 0.25) is 0 Å². The predicted octanol–water partition coefficient (Wildman–Crippen LogP) is 1.84. The lowest BCUT2D eigenvalue weighted by atomic mass is 10.2. The summed E-state index contributed by atoms with van der Waals surface area (Å²) in [6.45, 7) is 0. The Morgan fingerprint density at radius 2 is 1.56 bits per heavy atom. The van der Waals surface area contributed by atoms with E-state index in [0.717, 1.165) is 0 Å². The number of rotatable bonds is 3. The fourth-order valence-corrected chi connectivity index (χ4v) is 1.34. The fourth-order valence-electron chi connectivity index (χ4n) is 1.34. The molecule has 0 aromatic heterocycles. The van der Waals surface area contributed by atoms with E-state index in [1.54, 1.807) is 30.3 Å². The number of carboxylic acid groups (broad SMARTS) is 1. The Morgan fingerprint density at radius 1 is 0.938 bits per heavy atom. The van der Waals surface area contributed by atoms with Crippen LogP contribution in [0, 0.1) is 0 Å². The van der Waals surface area contributed by atoms with Gasteiger partial charge >= 0.3 is 0 Å². The largest absolute Gasteiger partial charge is 0.545 e. The molecule has 0 saturated carbocycles. The highest BCUT2D eigenvalue weighted by Crippen LogP contribution is 2.24. The van der Waals surface area contributed by atoms with Crippen LogP contribution in [0.2, 0.25) is 0 Å². The molecule has 3 nitrogen and oxygen atoms in total. The summed E-state index contributed by atoms with van der Waals surface area (Å²) >= 11 is 0. The summed E-state index contributed by atoms with van der Waals surface area (Å²) in [4.78, 5) is 10.8. The molecule has 3 heteroatoms. The van der Waals surface area contributed by atoms with Gasteiger partial charge in [0.05, 0.1) is 5.97 Å². The lowest BCUT2D eigenvalue weighted by molar-refractivity contribution is -0.255. The first kappa shape index (κ1) is 10.2. The van der Waals surface area contributed by atoms with Crippen LogP contribution < -0.4 is 9.84 Å². The number of carbonyl (C=O) groups is 1. The normalized spacial score (nSPS) is 9.75. The number of para-hydroxylation sites is 2. The Kier molecular flexibility index (Phi) is 2.87. The van der Waals surface area contributed by atoms with Crippen LogP contribution in [0.5, 0.6) is 11.5 Å². The summed E-state index contributed by atoms with van der Waals surface area (Å²) in [5.41, 5.74) is 0.0475. The minimum atomic E-state index is -1.24. The lowest BCUT2D eigenvalue weighted by Gasteiger charge is -2.11. The third kappa shape index (κ3) is 2.20. The van der Waals surface area contributed by atoms with Crippen LogP contribution in [0.15, 0.2) is 54.6 Å². The maximum Gasteiger partial charge on any atom is 0.136 e. The van der Waals surface area contributed by atoms with Crippen molar-refractivity contribution in [3.8, 4) is 11.5 Å². The summed E-state index contributed by atoms with van der Waals surface area (Å²) in [5.74, 6) is -0.364. The Bertz CT molecular complexity index is 492. The molecule has 16 heavy (non-hydrogen) atoms. The van der Waals surface area contributed by atoms with Crippen LogP contribution >= 0.6 is 0 Å². The Hall–Kier alpha value is -2.29. The Balaban J connectivity index is 2.31. The molecule has 0 amide bonds. The van der Waals surface area contributed by atoms with Crippen molar-refractivity contribution in [1.29, 1.82) is 0 Å². The lowest BCUT2D eigenvalue weighted by Crippen LogP contribution is -2.22. The number of carbonyl (C=O) groups excluding carboxylic acids is 1. The van der Waals surface area contributed by atoms with E-state index in [4.69, 9.17) is 4.74 Å². The van der Waals surface area contributed by atoms with Crippen LogP contribution in [0.1, 0.15) is 10.4 Å². The molecule has 0 radical (unpaired) electrons. The van der Waals surface area contributed by atoms with Gasteiger partial charge in [-0.15, -0.1) is 0 Å². The van der Waals surface area contributed by atoms with E-state index >= 15 is 0 Å². The van der Waals surface area contributed by atoms with Crippen LogP contribution in [-0.2, 0) is 0 Å². The molecule has 2 aromatic carbocycles. The molecule has 80 valence electrons. The Morgan fingerprint density at radius 3 is 2.25 bits per heavy atom. The minimum Gasteiger partial charge on any atom is -0.545 e. The monoisotopic (exact) mass is 213 g/mol. The zero-order valence-corrected chi connectivity index (χ0v) is 8.42. The van der Waals surface area contributed by atoms with E-state index in [-0.39, 0.29) is 11.3 Å².